The molecule has 0 unspecified atom stereocenters. The molecule has 0 saturated heterocycles. The minimum Gasteiger partial charge on any atom is -0.0616 e. The molecule has 0 aliphatic heterocycles. The summed E-state index contributed by atoms with van der Waals surface area (Å²) in [6.07, 6.45) is 0. The Hall–Kier alpha value is -3.90. The molecule has 7 aromatic rings. The van der Waals surface area contributed by atoms with Gasteiger partial charge in [0.25, 0.3) is 0 Å². The van der Waals surface area contributed by atoms with Crippen LogP contribution in [0.3, 0.4) is 0 Å². The van der Waals surface area contributed by atoms with E-state index in [4.69, 9.17) is 0 Å². The van der Waals surface area contributed by atoms with Crippen molar-refractivity contribution in [2.24, 2.45) is 0 Å². The number of fused-ring (bicyclic) bond motifs is 5. The maximum atomic E-state index is 2.41. The number of hydrogen-bond donors (Lipinski definition) is 0. The van der Waals surface area contributed by atoms with E-state index in [0.717, 1.165) is 0 Å². The molecule has 0 N–H and O–H groups in total. The highest BCUT2D eigenvalue weighted by atomic mass is 14.3. The zero-order valence-electron chi connectivity index (χ0n) is 16.2. The Bertz CT molecular complexity index is 1840. The zero-order valence-corrected chi connectivity index (χ0v) is 16.2. The largest absolute Gasteiger partial charge is 0.0616 e. The first-order valence-electron chi connectivity index (χ1n) is 10.5. The Morgan fingerprint density at radius 3 is 1.60 bits per heavy atom. The first kappa shape index (κ1) is 15.0. The summed E-state index contributed by atoms with van der Waals surface area (Å²) in [5, 5.41) is 13.5. The van der Waals surface area contributed by atoms with Crippen molar-refractivity contribution in [1.29, 1.82) is 0 Å². The van der Waals surface area contributed by atoms with Gasteiger partial charge >= 0.3 is 0 Å². The van der Waals surface area contributed by atoms with Crippen LogP contribution in [0, 0.1) is 0 Å². The van der Waals surface area contributed by atoms with Gasteiger partial charge in [-0.25, -0.2) is 0 Å². The van der Waals surface area contributed by atoms with Crippen LogP contribution in [0.5, 0.6) is 0 Å². The molecule has 8 rings (SSSR count). The lowest BCUT2D eigenvalue weighted by molar-refractivity contribution is 1.75. The summed E-state index contributed by atoms with van der Waals surface area (Å²) < 4.78 is 0. The van der Waals surface area contributed by atoms with Crippen LogP contribution in [-0.4, -0.2) is 0 Å². The van der Waals surface area contributed by atoms with Gasteiger partial charge in [0.1, 0.15) is 0 Å². The second kappa shape index (κ2) is 4.98. The van der Waals surface area contributed by atoms with Gasteiger partial charge in [-0.15, -0.1) is 0 Å². The van der Waals surface area contributed by atoms with Crippen LogP contribution in [0.1, 0.15) is 0 Å². The monoisotopic (exact) mass is 376 g/mol. The minimum atomic E-state index is 1.30. The minimum absolute atomic E-state index is 1.30. The lowest BCUT2D eigenvalue weighted by Gasteiger charge is -2.12. The van der Waals surface area contributed by atoms with E-state index in [1.54, 1.807) is 0 Å². The standard InChI is InChI=1S/C30H16/c1-2-5-20-13-23-16-26-25(15-22(23)12-19(20)4-1)24-11-10-18-9-8-17-6-3-7-21-14-27(26)30(24)29(18)28(17)21/h1-16H. The average molecular weight is 376 g/mol. The van der Waals surface area contributed by atoms with Crippen molar-refractivity contribution in [2.75, 3.05) is 0 Å². The van der Waals surface area contributed by atoms with E-state index in [2.05, 4.69) is 97.1 Å². The summed E-state index contributed by atoms with van der Waals surface area (Å²) in [6.45, 7) is 0. The molecule has 0 aromatic heterocycles. The smallest absolute Gasteiger partial charge is 0.00137 e. The van der Waals surface area contributed by atoms with Crippen LogP contribution in [-0.2, 0) is 0 Å². The first-order valence-corrected chi connectivity index (χ1v) is 10.5. The Balaban J connectivity index is 1.59. The molecule has 1 aliphatic rings. The Labute approximate surface area is 173 Å². The van der Waals surface area contributed by atoms with Gasteiger partial charge in [-0.05, 0) is 106 Å². The summed E-state index contributed by atoms with van der Waals surface area (Å²) in [6, 6.07) is 36.4. The van der Waals surface area contributed by atoms with E-state index in [1.807, 2.05) is 0 Å². The van der Waals surface area contributed by atoms with Crippen molar-refractivity contribution in [2.45, 2.75) is 0 Å². The van der Waals surface area contributed by atoms with Gasteiger partial charge in [-0.2, -0.15) is 0 Å². The van der Waals surface area contributed by atoms with E-state index in [1.165, 1.54) is 76.1 Å². The highest BCUT2D eigenvalue weighted by molar-refractivity contribution is 6.32. The molecule has 0 radical (unpaired) electrons. The van der Waals surface area contributed by atoms with Crippen molar-refractivity contribution >= 4 is 53.9 Å². The van der Waals surface area contributed by atoms with Crippen molar-refractivity contribution in [3.63, 3.8) is 0 Å². The van der Waals surface area contributed by atoms with Crippen molar-refractivity contribution in [3.05, 3.63) is 97.1 Å². The normalized spacial score (nSPS) is 12.7. The van der Waals surface area contributed by atoms with E-state index < -0.39 is 0 Å². The van der Waals surface area contributed by atoms with Crippen LogP contribution in [0.25, 0.3) is 76.1 Å². The maximum absolute atomic E-state index is 2.41. The molecule has 1 aliphatic carbocycles. The van der Waals surface area contributed by atoms with Crippen LogP contribution >= 0.6 is 0 Å². The molecule has 136 valence electrons. The van der Waals surface area contributed by atoms with Gasteiger partial charge in [-0.3, -0.25) is 0 Å². The van der Waals surface area contributed by atoms with Gasteiger partial charge < -0.3 is 0 Å². The van der Waals surface area contributed by atoms with Gasteiger partial charge in [0.15, 0.2) is 0 Å². The fourth-order valence-electron chi connectivity index (χ4n) is 5.73. The number of hydrogen-bond acceptors (Lipinski definition) is 0. The first-order chi connectivity index (χ1) is 14.8. The summed E-state index contributed by atoms with van der Waals surface area (Å²) in [4.78, 5) is 0. The predicted molar refractivity (Wildman–Crippen MR) is 130 cm³/mol. The van der Waals surface area contributed by atoms with E-state index in [0.29, 0.717) is 0 Å². The lowest BCUT2D eigenvalue weighted by atomic mass is 9.91. The summed E-state index contributed by atoms with van der Waals surface area (Å²) in [5.41, 5.74) is 5.49. The second-order valence-corrected chi connectivity index (χ2v) is 8.60. The average Bonchev–Trinajstić information content (AvgIpc) is 3.09. The number of rotatable bonds is 0. The summed E-state index contributed by atoms with van der Waals surface area (Å²) in [7, 11) is 0. The topological polar surface area (TPSA) is 0 Å². The molecule has 7 aromatic carbocycles. The Kier molecular flexibility index (Phi) is 2.49. The summed E-state index contributed by atoms with van der Waals surface area (Å²) in [5.74, 6) is 0. The fourth-order valence-corrected chi connectivity index (χ4v) is 5.73. The van der Waals surface area contributed by atoms with Crippen molar-refractivity contribution in [3.8, 4) is 22.3 Å². The molecule has 0 atom stereocenters. The van der Waals surface area contributed by atoms with Crippen LogP contribution < -0.4 is 0 Å². The molecule has 30 heavy (non-hydrogen) atoms. The fraction of sp³-hybridized carbons (Fsp3) is 0. The van der Waals surface area contributed by atoms with Crippen LogP contribution in [0.2, 0.25) is 0 Å². The van der Waals surface area contributed by atoms with Crippen LogP contribution in [0.15, 0.2) is 97.1 Å². The quantitative estimate of drug-likeness (QED) is 0.184. The molecule has 0 bridgehead atoms. The van der Waals surface area contributed by atoms with E-state index >= 15 is 0 Å². The van der Waals surface area contributed by atoms with Gasteiger partial charge in [0, 0.05) is 0 Å². The molecule has 0 spiro atoms. The van der Waals surface area contributed by atoms with Gasteiger partial charge in [-0.1, -0.05) is 66.7 Å². The molecule has 0 fully saturated rings. The second-order valence-electron chi connectivity index (χ2n) is 8.60. The third kappa shape index (κ3) is 1.70. The molecule has 0 saturated carbocycles. The zero-order chi connectivity index (χ0) is 19.4. The van der Waals surface area contributed by atoms with Gasteiger partial charge in [0.2, 0.25) is 0 Å². The van der Waals surface area contributed by atoms with Crippen LogP contribution in [0.4, 0.5) is 0 Å². The Morgan fingerprint density at radius 2 is 0.833 bits per heavy atom. The SMILES string of the molecule is c1ccc2cc3cc4c(cc3cc2c1)-c1ccc2ccc3cccc5cc-4c1c2c35. The third-order valence-corrected chi connectivity index (χ3v) is 7.05. The summed E-state index contributed by atoms with van der Waals surface area (Å²) >= 11 is 0. The highest BCUT2D eigenvalue weighted by Crippen LogP contribution is 2.52. The van der Waals surface area contributed by atoms with Crippen molar-refractivity contribution in [1.82, 2.24) is 0 Å². The molecule has 0 amide bonds. The molecule has 0 heterocycles. The lowest BCUT2D eigenvalue weighted by Crippen LogP contribution is -1.85. The molecule has 0 heteroatoms. The molecular formula is C30H16. The third-order valence-electron chi connectivity index (χ3n) is 7.05. The highest BCUT2D eigenvalue weighted by Gasteiger charge is 2.25. The Morgan fingerprint density at radius 1 is 0.267 bits per heavy atom. The van der Waals surface area contributed by atoms with E-state index in [-0.39, 0.29) is 0 Å². The van der Waals surface area contributed by atoms with Gasteiger partial charge in [0.05, 0.1) is 0 Å². The van der Waals surface area contributed by atoms with Crippen molar-refractivity contribution < 1.29 is 0 Å². The number of benzene rings is 7. The van der Waals surface area contributed by atoms with E-state index in [9.17, 15) is 0 Å². The molecular weight excluding hydrogens is 360 g/mol. The predicted octanol–water partition coefficient (Wildman–Crippen LogP) is 8.54. The molecule has 0 nitrogen and oxygen atoms in total. The maximum Gasteiger partial charge on any atom is -0.00137 e.